The van der Waals surface area contributed by atoms with Crippen LogP contribution in [0.15, 0.2) is 16.3 Å². The standard InChI is InChI=1S/C13H22N2O2S2/c1-3-7-15(4-2)19(16,17)13-8-12(18-10-13)9-14-11-5-6-11/h8,10-11,14H,3-7,9H2,1-2H3. The molecule has 1 aliphatic carbocycles. The summed E-state index contributed by atoms with van der Waals surface area (Å²) >= 11 is 1.52. The van der Waals surface area contributed by atoms with Crippen LogP contribution in [0.3, 0.4) is 0 Å². The van der Waals surface area contributed by atoms with Gasteiger partial charge in [-0.15, -0.1) is 11.3 Å². The van der Waals surface area contributed by atoms with Gasteiger partial charge in [-0.1, -0.05) is 13.8 Å². The summed E-state index contributed by atoms with van der Waals surface area (Å²) in [5.74, 6) is 0. The lowest BCUT2D eigenvalue weighted by molar-refractivity contribution is 0.427. The molecule has 0 aromatic carbocycles. The zero-order valence-corrected chi connectivity index (χ0v) is 13.2. The van der Waals surface area contributed by atoms with Crippen molar-refractivity contribution in [2.75, 3.05) is 13.1 Å². The first-order chi connectivity index (χ1) is 9.07. The lowest BCUT2D eigenvalue weighted by atomic mass is 10.4. The van der Waals surface area contributed by atoms with Crippen molar-refractivity contribution in [3.8, 4) is 0 Å². The van der Waals surface area contributed by atoms with Crippen LogP contribution >= 0.6 is 11.3 Å². The van der Waals surface area contributed by atoms with Crippen LogP contribution in [0.2, 0.25) is 0 Å². The lowest BCUT2D eigenvalue weighted by Crippen LogP contribution is -2.31. The summed E-state index contributed by atoms with van der Waals surface area (Å²) < 4.78 is 26.4. The molecule has 0 amide bonds. The van der Waals surface area contributed by atoms with Crippen molar-refractivity contribution in [1.82, 2.24) is 9.62 Å². The van der Waals surface area contributed by atoms with Crippen molar-refractivity contribution < 1.29 is 8.42 Å². The maximum absolute atomic E-state index is 12.4. The number of rotatable bonds is 8. The molecule has 1 N–H and O–H groups in total. The normalized spacial score (nSPS) is 16.2. The van der Waals surface area contributed by atoms with E-state index in [2.05, 4.69) is 5.32 Å². The molecule has 0 aliphatic heterocycles. The second kappa shape index (κ2) is 6.35. The molecule has 2 rings (SSSR count). The van der Waals surface area contributed by atoms with Crippen molar-refractivity contribution in [3.05, 3.63) is 16.3 Å². The third kappa shape index (κ3) is 3.78. The molecule has 1 heterocycles. The van der Waals surface area contributed by atoms with Crippen molar-refractivity contribution in [2.24, 2.45) is 0 Å². The van der Waals surface area contributed by atoms with Gasteiger partial charge in [-0.05, 0) is 25.3 Å². The summed E-state index contributed by atoms with van der Waals surface area (Å²) in [6.07, 6.45) is 3.33. The molecule has 0 unspecified atom stereocenters. The highest BCUT2D eigenvalue weighted by Gasteiger charge is 2.24. The Morgan fingerprint density at radius 2 is 2.16 bits per heavy atom. The van der Waals surface area contributed by atoms with Crippen LogP contribution in [0.1, 0.15) is 38.0 Å². The molecule has 0 saturated heterocycles. The van der Waals surface area contributed by atoms with Crippen molar-refractivity contribution in [1.29, 1.82) is 0 Å². The highest BCUT2D eigenvalue weighted by molar-refractivity contribution is 7.89. The molecule has 1 saturated carbocycles. The highest BCUT2D eigenvalue weighted by atomic mass is 32.2. The van der Waals surface area contributed by atoms with E-state index in [1.54, 1.807) is 9.69 Å². The molecule has 108 valence electrons. The van der Waals surface area contributed by atoms with Crippen LogP contribution in [-0.2, 0) is 16.6 Å². The molecule has 19 heavy (non-hydrogen) atoms. The first kappa shape index (κ1) is 15.0. The first-order valence-corrected chi connectivity index (χ1v) is 9.20. The van der Waals surface area contributed by atoms with E-state index in [1.807, 2.05) is 19.9 Å². The Morgan fingerprint density at radius 1 is 1.42 bits per heavy atom. The Morgan fingerprint density at radius 3 is 2.74 bits per heavy atom. The minimum Gasteiger partial charge on any atom is -0.309 e. The fourth-order valence-electron chi connectivity index (χ4n) is 1.97. The number of nitrogens with one attached hydrogen (secondary N) is 1. The molecular formula is C13H22N2O2S2. The Balaban J connectivity index is 2.06. The molecular weight excluding hydrogens is 280 g/mol. The second-order valence-electron chi connectivity index (χ2n) is 4.90. The quantitative estimate of drug-likeness (QED) is 0.802. The summed E-state index contributed by atoms with van der Waals surface area (Å²) in [6.45, 7) is 5.78. The van der Waals surface area contributed by atoms with Crippen LogP contribution in [0, 0.1) is 0 Å². The van der Waals surface area contributed by atoms with E-state index in [-0.39, 0.29) is 0 Å². The smallest absolute Gasteiger partial charge is 0.243 e. The van der Waals surface area contributed by atoms with Gasteiger partial charge in [0.1, 0.15) is 0 Å². The summed E-state index contributed by atoms with van der Waals surface area (Å²) in [7, 11) is -3.30. The largest absolute Gasteiger partial charge is 0.309 e. The molecule has 1 aliphatic rings. The molecule has 4 nitrogen and oxygen atoms in total. The average molecular weight is 302 g/mol. The number of nitrogens with zero attached hydrogens (tertiary/aromatic N) is 1. The van der Waals surface area contributed by atoms with Gasteiger partial charge in [0, 0.05) is 35.9 Å². The third-order valence-electron chi connectivity index (χ3n) is 3.24. The molecule has 0 bridgehead atoms. The third-order valence-corrected chi connectivity index (χ3v) is 6.27. The lowest BCUT2D eigenvalue weighted by Gasteiger charge is -2.18. The number of hydrogen-bond donors (Lipinski definition) is 1. The van der Waals surface area contributed by atoms with E-state index in [9.17, 15) is 8.42 Å². The van der Waals surface area contributed by atoms with Crippen LogP contribution in [0.4, 0.5) is 0 Å². The van der Waals surface area contributed by atoms with Gasteiger partial charge in [-0.2, -0.15) is 4.31 Å². The molecule has 6 heteroatoms. The minimum atomic E-state index is -3.30. The van der Waals surface area contributed by atoms with Gasteiger partial charge >= 0.3 is 0 Å². The van der Waals surface area contributed by atoms with Crippen LogP contribution < -0.4 is 5.32 Å². The van der Waals surface area contributed by atoms with E-state index < -0.39 is 10.0 Å². The Hall–Kier alpha value is -0.430. The number of thiophene rings is 1. The van der Waals surface area contributed by atoms with E-state index in [0.29, 0.717) is 24.0 Å². The molecule has 0 atom stereocenters. The summed E-state index contributed by atoms with van der Waals surface area (Å²) in [4.78, 5) is 1.54. The van der Waals surface area contributed by atoms with Crippen molar-refractivity contribution in [3.63, 3.8) is 0 Å². The predicted molar refractivity (Wildman–Crippen MR) is 78.9 cm³/mol. The minimum absolute atomic E-state index is 0.445. The van der Waals surface area contributed by atoms with Gasteiger partial charge in [0.15, 0.2) is 0 Å². The van der Waals surface area contributed by atoms with Crippen LogP contribution in [-0.4, -0.2) is 31.9 Å². The average Bonchev–Trinajstić information content (AvgIpc) is 3.09. The van der Waals surface area contributed by atoms with Crippen LogP contribution in [0.5, 0.6) is 0 Å². The SMILES string of the molecule is CCCN(CC)S(=O)(=O)c1csc(CNC2CC2)c1. The van der Waals surface area contributed by atoms with E-state index in [4.69, 9.17) is 0 Å². The second-order valence-corrected chi connectivity index (χ2v) is 7.83. The van der Waals surface area contributed by atoms with Crippen molar-refractivity contribution in [2.45, 2.75) is 50.6 Å². The summed E-state index contributed by atoms with van der Waals surface area (Å²) in [5, 5.41) is 5.17. The fraction of sp³-hybridized carbons (Fsp3) is 0.692. The maximum Gasteiger partial charge on any atom is 0.243 e. The highest BCUT2D eigenvalue weighted by Crippen LogP contribution is 2.24. The Labute approximate surface area is 119 Å². The topological polar surface area (TPSA) is 49.4 Å². The fourth-order valence-corrected chi connectivity index (χ4v) is 4.72. The van der Waals surface area contributed by atoms with Gasteiger partial charge in [-0.3, -0.25) is 0 Å². The van der Waals surface area contributed by atoms with Gasteiger partial charge in [0.05, 0.1) is 4.90 Å². The zero-order chi connectivity index (χ0) is 13.9. The van der Waals surface area contributed by atoms with Crippen LogP contribution in [0.25, 0.3) is 0 Å². The molecule has 1 aromatic rings. The number of hydrogen-bond acceptors (Lipinski definition) is 4. The summed E-state index contributed by atoms with van der Waals surface area (Å²) in [5.41, 5.74) is 0. The predicted octanol–water partition coefficient (Wildman–Crippen LogP) is 2.42. The van der Waals surface area contributed by atoms with E-state index >= 15 is 0 Å². The van der Waals surface area contributed by atoms with Gasteiger partial charge in [0.25, 0.3) is 0 Å². The zero-order valence-electron chi connectivity index (χ0n) is 11.6. The van der Waals surface area contributed by atoms with E-state index in [0.717, 1.165) is 17.8 Å². The Kier molecular flexibility index (Phi) is 5.00. The van der Waals surface area contributed by atoms with Gasteiger partial charge in [-0.25, -0.2) is 8.42 Å². The monoisotopic (exact) mass is 302 g/mol. The van der Waals surface area contributed by atoms with E-state index in [1.165, 1.54) is 24.2 Å². The number of sulfonamides is 1. The first-order valence-electron chi connectivity index (χ1n) is 6.88. The Bertz CT molecular complexity index is 506. The summed E-state index contributed by atoms with van der Waals surface area (Å²) in [6, 6.07) is 2.46. The van der Waals surface area contributed by atoms with Crippen molar-refractivity contribution >= 4 is 21.4 Å². The molecule has 0 radical (unpaired) electrons. The molecule has 1 fully saturated rings. The molecule has 1 aromatic heterocycles. The maximum atomic E-state index is 12.4. The molecule has 0 spiro atoms. The van der Waals surface area contributed by atoms with Gasteiger partial charge < -0.3 is 5.32 Å². The van der Waals surface area contributed by atoms with Gasteiger partial charge in [0.2, 0.25) is 10.0 Å².